The summed E-state index contributed by atoms with van der Waals surface area (Å²) in [5.41, 5.74) is 0.425. The number of rotatable bonds is 7. The Hall–Kier alpha value is -2.63. The molecule has 196 valence electrons. The summed E-state index contributed by atoms with van der Waals surface area (Å²) in [5, 5.41) is 0. The number of benzene rings is 2. The van der Waals surface area contributed by atoms with Crippen LogP contribution < -0.4 is 9.46 Å². The minimum Gasteiger partial charge on any atom is -0.496 e. The number of carbonyl (C=O) groups is 1. The molecule has 4 rings (SSSR count). The van der Waals surface area contributed by atoms with Gasteiger partial charge in [-0.2, -0.15) is 4.31 Å². The number of amides is 1. The number of hydrogen-bond donors (Lipinski definition) is 1. The molecule has 9 nitrogen and oxygen atoms in total. The molecule has 1 amide bonds. The van der Waals surface area contributed by atoms with E-state index in [1.807, 2.05) is 0 Å². The van der Waals surface area contributed by atoms with Crippen molar-refractivity contribution in [2.45, 2.75) is 54.7 Å². The number of piperidine rings is 1. The number of nitrogens with one attached hydrogen (secondary N) is 1. The molecule has 2 aliphatic rings. The molecule has 0 bridgehead atoms. The first kappa shape index (κ1) is 26.4. The highest BCUT2D eigenvalue weighted by molar-refractivity contribution is 7.92. The van der Waals surface area contributed by atoms with Crippen molar-refractivity contribution in [3.63, 3.8) is 0 Å². The summed E-state index contributed by atoms with van der Waals surface area (Å²) >= 11 is 0. The van der Waals surface area contributed by atoms with Gasteiger partial charge < -0.3 is 9.64 Å². The zero-order valence-corrected chi connectivity index (χ0v) is 22.1. The van der Waals surface area contributed by atoms with Gasteiger partial charge in [0, 0.05) is 31.9 Å². The number of methoxy groups -OCH3 is 1. The second-order valence-corrected chi connectivity index (χ2v) is 12.8. The van der Waals surface area contributed by atoms with Crippen LogP contribution in [0.3, 0.4) is 0 Å². The Morgan fingerprint density at radius 1 is 0.778 bits per heavy atom. The Labute approximate surface area is 213 Å². The van der Waals surface area contributed by atoms with Gasteiger partial charge in [-0.3, -0.25) is 9.52 Å². The molecule has 0 aromatic heterocycles. The van der Waals surface area contributed by atoms with Crippen LogP contribution in [0.25, 0.3) is 0 Å². The monoisotopic (exact) mass is 535 g/mol. The number of nitrogens with zero attached hydrogens (tertiary/aromatic N) is 2. The Balaban J connectivity index is 1.54. The first-order valence-electron chi connectivity index (χ1n) is 12.3. The molecule has 1 N–H and O–H groups in total. The molecular formula is C25H33N3O6S2. The normalized spacial score (nSPS) is 17.9. The summed E-state index contributed by atoms with van der Waals surface area (Å²) < 4.78 is 61.3. The fourth-order valence-corrected chi connectivity index (χ4v) is 7.23. The van der Waals surface area contributed by atoms with Crippen LogP contribution in [0.15, 0.2) is 52.3 Å². The minimum absolute atomic E-state index is 0.0773. The van der Waals surface area contributed by atoms with E-state index in [9.17, 15) is 21.6 Å². The molecule has 0 spiro atoms. The van der Waals surface area contributed by atoms with Crippen LogP contribution in [0, 0.1) is 0 Å². The summed E-state index contributed by atoms with van der Waals surface area (Å²) in [6.07, 6.45) is 6.65. The molecule has 0 aliphatic carbocycles. The van der Waals surface area contributed by atoms with Gasteiger partial charge in [0.15, 0.2) is 0 Å². The molecule has 0 atom stereocenters. The second-order valence-electron chi connectivity index (χ2n) is 9.16. The molecule has 0 unspecified atom stereocenters. The summed E-state index contributed by atoms with van der Waals surface area (Å²) in [6, 6.07) is 9.88. The zero-order valence-electron chi connectivity index (χ0n) is 20.5. The van der Waals surface area contributed by atoms with E-state index in [-0.39, 0.29) is 26.9 Å². The van der Waals surface area contributed by atoms with Crippen molar-refractivity contribution in [3.8, 4) is 5.75 Å². The lowest BCUT2D eigenvalue weighted by Crippen LogP contribution is -2.35. The lowest BCUT2D eigenvalue weighted by Gasteiger charge is -2.25. The minimum atomic E-state index is -4.04. The van der Waals surface area contributed by atoms with Crippen molar-refractivity contribution in [1.82, 2.24) is 9.21 Å². The maximum Gasteiger partial charge on any atom is 0.261 e. The first-order valence-corrected chi connectivity index (χ1v) is 15.2. The third-order valence-corrected chi connectivity index (χ3v) is 9.96. The highest BCUT2D eigenvalue weighted by Crippen LogP contribution is 2.27. The molecule has 2 aromatic rings. The molecule has 0 saturated carbocycles. The number of carbonyl (C=O) groups excluding carboxylic acids is 1. The van der Waals surface area contributed by atoms with Crippen molar-refractivity contribution in [2.75, 3.05) is 38.0 Å². The van der Waals surface area contributed by atoms with Crippen LogP contribution in [0.2, 0.25) is 0 Å². The van der Waals surface area contributed by atoms with Crippen LogP contribution >= 0.6 is 0 Å². The maximum atomic E-state index is 13.2. The SMILES string of the molecule is COc1ccc(S(=O)(=O)Nc2ccc(S(=O)(=O)N3CCCCC3)cc2)cc1C(=O)N1CCCCCC1. The van der Waals surface area contributed by atoms with Gasteiger partial charge in [0.05, 0.1) is 22.5 Å². The zero-order chi connectivity index (χ0) is 25.8. The van der Waals surface area contributed by atoms with Crippen LogP contribution in [0.1, 0.15) is 55.3 Å². The fourth-order valence-electron chi connectivity index (χ4n) is 4.63. The van der Waals surface area contributed by atoms with E-state index in [1.165, 1.54) is 53.9 Å². The Kier molecular flexibility index (Phi) is 8.21. The molecule has 11 heteroatoms. The van der Waals surface area contributed by atoms with E-state index in [0.29, 0.717) is 31.9 Å². The van der Waals surface area contributed by atoms with Crippen molar-refractivity contribution < 1.29 is 26.4 Å². The number of ether oxygens (including phenoxy) is 1. The van der Waals surface area contributed by atoms with Gasteiger partial charge in [0.25, 0.3) is 15.9 Å². The van der Waals surface area contributed by atoms with Gasteiger partial charge in [0.1, 0.15) is 5.75 Å². The highest BCUT2D eigenvalue weighted by Gasteiger charge is 2.27. The van der Waals surface area contributed by atoms with Gasteiger partial charge in [-0.1, -0.05) is 19.3 Å². The summed E-state index contributed by atoms with van der Waals surface area (Å²) in [6.45, 7) is 2.24. The van der Waals surface area contributed by atoms with Gasteiger partial charge >= 0.3 is 0 Å². The van der Waals surface area contributed by atoms with Crippen LogP contribution in [-0.4, -0.2) is 65.2 Å². The fraction of sp³-hybridized carbons (Fsp3) is 0.480. The summed E-state index contributed by atoms with van der Waals surface area (Å²) in [5.74, 6) is 0.0635. The molecule has 2 heterocycles. The van der Waals surface area contributed by atoms with Gasteiger partial charge in [-0.25, -0.2) is 16.8 Å². The maximum absolute atomic E-state index is 13.2. The second kappa shape index (κ2) is 11.2. The molecule has 2 aromatic carbocycles. The molecular weight excluding hydrogens is 502 g/mol. The van der Waals surface area contributed by atoms with Crippen molar-refractivity contribution in [2.24, 2.45) is 0 Å². The third kappa shape index (κ3) is 5.84. The van der Waals surface area contributed by atoms with Crippen molar-refractivity contribution in [3.05, 3.63) is 48.0 Å². The predicted molar refractivity (Wildman–Crippen MR) is 137 cm³/mol. The smallest absolute Gasteiger partial charge is 0.261 e. The molecule has 2 fully saturated rings. The van der Waals surface area contributed by atoms with E-state index in [1.54, 1.807) is 4.90 Å². The molecule has 2 saturated heterocycles. The molecule has 0 radical (unpaired) electrons. The van der Waals surface area contributed by atoms with E-state index in [2.05, 4.69) is 4.72 Å². The lowest BCUT2D eigenvalue weighted by molar-refractivity contribution is 0.0758. The molecule has 36 heavy (non-hydrogen) atoms. The van der Waals surface area contributed by atoms with Crippen LogP contribution in [-0.2, 0) is 20.0 Å². The van der Waals surface area contributed by atoms with Gasteiger partial charge in [-0.15, -0.1) is 0 Å². The Bertz CT molecular complexity index is 1280. The molecule has 2 aliphatic heterocycles. The number of sulfonamides is 2. The van der Waals surface area contributed by atoms with Crippen molar-refractivity contribution in [1.29, 1.82) is 0 Å². The van der Waals surface area contributed by atoms with E-state index < -0.39 is 20.0 Å². The largest absolute Gasteiger partial charge is 0.496 e. The Morgan fingerprint density at radius 3 is 1.94 bits per heavy atom. The topological polar surface area (TPSA) is 113 Å². The van der Waals surface area contributed by atoms with E-state index >= 15 is 0 Å². The van der Waals surface area contributed by atoms with Crippen LogP contribution in [0.4, 0.5) is 5.69 Å². The lowest BCUT2D eigenvalue weighted by atomic mass is 10.1. The average Bonchev–Trinajstić information content (AvgIpc) is 3.18. The summed E-state index contributed by atoms with van der Waals surface area (Å²) in [4.78, 5) is 15.0. The van der Waals surface area contributed by atoms with Crippen molar-refractivity contribution >= 4 is 31.6 Å². The number of anilines is 1. The number of hydrogen-bond acceptors (Lipinski definition) is 6. The predicted octanol–water partition coefficient (Wildman–Crippen LogP) is 3.69. The Morgan fingerprint density at radius 2 is 1.33 bits per heavy atom. The highest BCUT2D eigenvalue weighted by atomic mass is 32.2. The van der Waals surface area contributed by atoms with Gasteiger partial charge in [0.2, 0.25) is 10.0 Å². The standard InChI is InChI=1S/C25H33N3O6S2/c1-34-24-14-13-22(19-23(24)25(29)27-15-5-2-3-6-16-27)35(30,31)26-20-9-11-21(12-10-20)36(32,33)28-17-7-4-8-18-28/h9-14,19,26H,2-8,15-18H2,1H3. The summed E-state index contributed by atoms with van der Waals surface area (Å²) in [7, 11) is -6.20. The first-order chi connectivity index (χ1) is 17.2. The van der Waals surface area contributed by atoms with Crippen LogP contribution in [0.5, 0.6) is 5.75 Å². The number of likely N-dealkylation sites (tertiary alicyclic amines) is 1. The van der Waals surface area contributed by atoms with E-state index in [4.69, 9.17) is 4.74 Å². The quantitative estimate of drug-likeness (QED) is 0.579. The average molecular weight is 536 g/mol. The third-order valence-electron chi connectivity index (χ3n) is 6.66. The van der Waals surface area contributed by atoms with E-state index in [0.717, 1.165) is 44.9 Å². The van der Waals surface area contributed by atoms with Gasteiger partial charge in [-0.05, 0) is 68.1 Å².